The molecule has 0 aliphatic rings. The van der Waals surface area contributed by atoms with Gasteiger partial charge in [0.15, 0.2) is 0 Å². The molecule has 1 amide bonds. The molecule has 162 valence electrons. The Balaban J connectivity index is 1.87. The first-order valence-electron chi connectivity index (χ1n) is 9.05. The highest BCUT2D eigenvalue weighted by Crippen LogP contribution is 2.24. The van der Waals surface area contributed by atoms with Gasteiger partial charge in [-0.3, -0.25) is 14.9 Å². The molecule has 12 heteroatoms. The van der Waals surface area contributed by atoms with E-state index in [0.29, 0.717) is 0 Å². The second kappa shape index (κ2) is 8.24. The molecule has 0 unspecified atom stereocenters. The molecule has 0 bridgehead atoms. The fourth-order valence-electron chi connectivity index (χ4n) is 2.74. The highest BCUT2D eigenvalue weighted by Gasteiger charge is 2.23. The first kappa shape index (κ1) is 22.1. The Hall–Kier alpha value is -3.64. The van der Waals surface area contributed by atoms with Crippen LogP contribution in [0.4, 0.5) is 11.4 Å². The SMILES string of the molecule is CC(C)(C)NS(=O)(=O)c1cccc(NC(=O)c2ccc(-n3cncn3)c([N+](=O)[O-])c2)c1. The van der Waals surface area contributed by atoms with Crippen LogP contribution in [0.1, 0.15) is 31.1 Å². The average Bonchev–Trinajstić information content (AvgIpc) is 3.20. The topological polar surface area (TPSA) is 149 Å². The minimum atomic E-state index is -3.80. The largest absolute Gasteiger partial charge is 0.322 e. The van der Waals surface area contributed by atoms with Gasteiger partial charge < -0.3 is 5.32 Å². The molecule has 31 heavy (non-hydrogen) atoms. The predicted molar refractivity (Wildman–Crippen MR) is 112 cm³/mol. The van der Waals surface area contributed by atoms with E-state index in [1.54, 1.807) is 20.8 Å². The summed E-state index contributed by atoms with van der Waals surface area (Å²) in [4.78, 5) is 27.2. The number of hydrogen-bond donors (Lipinski definition) is 2. The molecule has 2 N–H and O–H groups in total. The normalized spacial score (nSPS) is 11.8. The summed E-state index contributed by atoms with van der Waals surface area (Å²) in [5.41, 5.74) is -0.603. The quantitative estimate of drug-likeness (QED) is 0.438. The van der Waals surface area contributed by atoms with Crippen molar-refractivity contribution in [1.29, 1.82) is 0 Å². The summed E-state index contributed by atoms with van der Waals surface area (Å²) in [6.45, 7) is 5.14. The van der Waals surface area contributed by atoms with Crippen molar-refractivity contribution in [1.82, 2.24) is 19.5 Å². The number of hydrogen-bond acceptors (Lipinski definition) is 7. The molecular formula is C19H20N6O5S. The van der Waals surface area contributed by atoms with Crippen LogP contribution in [-0.2, 0) is 10.0 Å². The Labute approximate surface area is 178 Å². The average molecular weight is 444 g/mol. The van der Waals surface area contributed by atoms with Gasteiger partial charge in [0.1, 0.15) is 18.3 Å². The van der Waals surface area contributed by atoms with Crippen LogP contribution in [0.25, 0.3) is 5.69 Å². The third-order valence-corrected chi connectivity index (χ3v) is 5.70. The van der Waals surface area contributed by atoms with E-state index in [-0.39, 0.29) is 27.5 Å². The van der Waals surface area contributed by atoms with Crippen LogP contribution in [0, 0.1) is 10.1 Å². The van der Waals surface area contributed by atoms with Crippen LogP contribution in [-0.4, -0.2) is 39.6 Å². The number of anilines is 1. The van der Waals surface area contributed by atoms with Gasteiger partial charge in [-0.15, -0.1) is 0 Å². The third kappa shape index (κ3) is 5.29. The van der Waals surface area contributed by atoms with Crippen molar-refractivity contribution in [2.45, 2.75) is 31.2 Å². The maximum Gasteiger partial charge on any atom is 0.295 e. The number of nitro benzene ring substituents is 1. The molecule has 0 aliphatic carbocycles. The molecule has 0 fully saturated rings. The summed E-state index contributed by atoms with van der Waals surface area (Å²) < 4.78 is 28.8. The second-order valence-corrected chi connectivity index (χ2v) is 9.32. The summed E-state index contributed by atoms with van der Waals surface area (Å²) in [7, 11) is -3.80. The molecule has 0 spiro atoms. The summed E-state index contributed by atoms with van der Waals surface area (Å²) in [5, 5.41) is 17.9. The number of sulfonamides is 1. The van der Waals surface area contributed by atoms with Crippen molar-refractivity contribution < 1.29 is 18.1 Å². The van der Waals surface area contributed by atoms with E-state index in [2.05, 4.69) is 20.1 Å². The lowest BCUT2D eigenvalue weighted by molar-refractivity contribution is -0.384. The number of nitrogens with zero attached hydrogens (tertiary/aromatic N) is 4. The first-order chi connectivity index (χ1) is 14.5. The summed E-state index contributed by atoms with van der Waals surface area (Å²) in [5.74, 6) is -0.633. The maximum absolute atomic E-state index is 12.6. The lowest BCUT2D eigenvalue weighted by Gasteiger charge is -2.20. The molecule has 3 aromatic rings. The van der Waals surface area contributed by atoms with Crippen molar-refractivity contribution in [3.05, 3.63) is 70.8 Å². The van der Waals surface area contributed by atoms with E-state index in [1.165, 1.54) is 53.7 Å². The fraction of sp³-hybridized carbons (Fsp3) is 0.211. The summed E-state index contributed by atoms with van der Waals surface area (Å²) >= 11 is 0. The molecule has 1 aromatic heterocycles. The van der Waals surface area contributed by atoms with E-state index in [0.717, 1.165) is 6.07 Å². The van der Waals surface area contributed by atoms with Crippen molar-refractivity contribution in [2.75, 3.05) is 5.32 Å². The Kier molecular flexibility index (Phi) is 5.86. The molecule has 11 nitrogen and oxygen atoms in total. The lowest BCUT2D eigenvalue weighted by Crippen LogP contribution is -2.40. The minimum Gasteiger partial charge on any atom is -0.322 e. The maximum atomic E-state index is 12.6. The smallest absolute Gasteiger partial charge is 0.295 e. The summed E-state index contributed by atoms with van der Waals surface area (Å²) in [6.07, 6.45) is 2.54. The van der Waals surface area contributed by atoms with E-state index in [9.17, 15) is 23.3 Å². The Morgan fingerprint density at radius 1 is 1.16 bits per heavy atom. The Morgan fingerprint density at radius 3 is 2.52 bits per heavy atom. The number of carbonyl (C=O) groups excluding carboxylic acids is 1. The van der Waals surface area contributed by atoms with E-state index in [1.807, 2.05) is 0 Å². The van der Waals surface area contributed by atoms with Gasteiger partial charge in [0.2, 0.25) is 10.0 Å². The van der Waals surface area contributed by atoms with Gasteiger partial charge in [0.05, 0.1) is 9.82 Å². The molecule has 2 aromatic carbocycles. The number of aromatic nitrogens is 3. The third-order valence-electron chi connectivity index (χ3n) is 3.94. The van der Waals surface area contributed by atoms with Crippen molar-refractivity contribution in [2.24, 2.45) is 0 Å². The zero-order valence-electron chi connectivity index (χ0n) is 16.9. The first-order valence-corrected chi connectivity index (χ1v) is 10.5. The standard InChI is InChI=1S/C19H20N6O5S/c1-19(2,3)23-31(29,30)15-6-4-5-14(10-15)22-18(26)13-7-8-16(17(9-13)25(27)28)24-12-20-11-21-24/h4-12,23H,1-3H3,(H,22,26). The van der Waals surface area contributed by atoms with Crippen LogP contribution < -0.4 is 10.0 Å². The second-order valence-electron chi connectivity index (χ2n) is 7.64. The van der Waals surface area contributed by atoms with Crippen molar-refractivity contribution in [3.63, 3.8) is 0 Å². The molecule has 0 aliphatic heterocycles. The zero-order chi connectivity index (χ0) is 22.8. The number of carbonyl (C=O) groups is 1. The monoisotopic (exact) mass is 444 g/mol. The number of rotatable bonds is 6. The fourth-order valence-corrected chi connectivity index (χ4v) is 4.21. The number of nitro groups is 1. The van der Waals surface area contributed by atoms with Gasteiger partial charge in [0.25, 0.3) is 11.6 Å². The highest BCUT2D eigenvalue weighted by atomic mass is 32.2. The van der Waals surface area contributed by atoms with E-state index in [4.69, 9.17) is 0 Å². The van der Waals surface area contributed by atoms with Gasteiger partial charge in [-0.1, -0.05) is 6.07 Å². The van der Waals surface area contributed by atoms with Gasteiger partial charge in [0, 0.05) is 22.9 Å². The van der Waals surface area contributed by atoms with Crippen LogP contribution in [0.5, 0.6) is 0 Å². The van der Waals surface area contributed by atoms with Crippen molar-refractivity contribution in [3.8, 4) is 5.69 Å². The number of amides is 1. The van der Waals surface area contributed by atoms with Crippen LogP contribution in [0.3, 0.4) is 0 Å². The minimum absolute atomic E-state index is 0.0206. The Morgan fingerprint density at radius 2 is 1.90 bits per heavy atom. The predicted octanol–water partition coefficient (Wildman–Crippen LogP) is 2.50. The van der Waals surface area contributed by atoms with Crippen molar-refractivity contribution >= 4 is 27.3 Å². The highest BCUT2D eigenvalue weighted by molar-refractivity contribution is 7.89. The molecule has 0 radical (unpaired) electrons. The molecule has 0 saturated carbocycles. The van der Waals surface area contributed by atoms with Crippen LogP contribution >= 0.6 is 0 Å². The summed E-state index contributed by atoms with van der Waals surface area (Å²) in [6, 6.07) is 9.63. The lowest BCUT2D eigenvalue weighted by atomic mass is 10.1. The Bertz CT molecular complexity index is 1230. The molecule has 0 saturated heterocycles. The van der Waals surface area contributed by atoms with Gasteiger partial charge in [-0.2, -0.15) is 5.10 Å². The molecular weight excluding hydrogens is 424 g/mol. The molecule has 0 atom stereocenters. The van der Waals surface area contributed by atoms with Gasteiger partial charge in [-0.25, -0.2) is 22.8 Å². The number of benzene rings is 2. The van der Waals surface area contributed by atoms with Gasteiger partial charge >= 0.3 is 0 Å². The zero-order valence-corrected chi connectivity index (χ0v) is 17.8. The van der Waals surface area contributed by atoms with Crippen LogP contribution in [0.2, 0.25) is 0 Å². The van der Waals surface area contributed by atoms with E-state index < -0.39 is 26.4 Å². The van der Waals surface area contributed by atoms with Crippen LogP contribution in [0.15, 0.2) is 60.0 Å². The van der Waals surface area contributed by atoms with Gasteiger partial charge in [-0.05, 0) is 51.1 Å². The molecule has 1 heterocycles. The van der Waals surface area contributed by atoms with E-state index >= 15 is 0 Å². The molecule has 3 rings (SSSR count). The number of nitrogens with one attached hydrogen (secondary N) is 2.